The Morgan fingerprint density at radius 1 is 1.24 bits per heavy atom. The molecule has 33 heavy (non-hydrogen) atoms. The zero-order valence-corrected chi connectivity index (χ0v) is 18.3. The molecule has 1 amide bonds. The van der Waals surface area contributed by atoms with Crippen LogP contribution in [0.5, 0.6) is 0 Å². The third kappa shape index (κ3) is 4.06. The Balaban J connectivity index is 1.32. The molecule has 5 rings (SSSR count). The van der Waals surface area contributed by atoms with Gasteiger partial charge in [0.05, 0.1) is 12.1 Å². The molecule has 2 aliphatic heterocycles. The minimum absolute atomic E-state index is 0.115. The van der Waals surface area contributed by atoms with Gasteiger partial charge >= 0.3 is 5.76 Å². The second kappa shape index (κ2) is 8.72. The van der Waals surface area contributed by atoms with Crippen molar-refractivity contribution in [3.8, 4) is 0 Å². The van der Waals surface area contributed by atoms with Gasteiger partial charge in [-0.15, -0.1) is 0 Å². The van der Waals surface area contributed by atoms with E-state index in [1.54, 1.807) is 18.2 Å². The first-order valence-corrected chi connectivity index (χ1v) is 11.3. The van der Waals surface area contributed by atoms with Crippen molar-refractivity contribution < 1.29 is 18.0 Å². The monoisotopic (exact) mass is 456 g/mol. The molecule has 174 valence electrons. The SMILES string of the molecule is CCn1c(=O)oc2cc(NC(=O)CN3C[C@H](c4ccc(F)cc4F)[C@H]4CNCC[C@H]43)ccc21. The fourth-order valence-corrected chi connectivity index (χ4v) is 5.40. The van der Waals surface area contributed by atoms with Gasteiger partial charge in [-0.1, -0.05) is 6.07 Å². The molecule has 0 saturated carbocycles. The zero-order valence-electron chi connectivity index (χ0n) is 18.3. The maximum atomic E-state index is 14.5. The summed E-state index contributed by atoms with van der Waals surface area (Å²) in [6.07, 6.45) is 0.860. The summed E-state index contributed by atoms with van der Waals surface area (Å²) < 4.78 is 34.8. The smallest absolute Gasteiger partial charge is 0.408 e. The van der Waals surface area contributed by atoms with Crippen LogP contribution in [0.3, 0.4) is 0 Å². The van der Waals surface area contributed by atoms with E-state index in [0.717, 1.165) is 25.6 Å². The number of fused-ring (bicyclic) bond motifs is 2. The predicted octanol–water partition coefficient (Wildman–Crippen LogP) is 2.91. The Hall–Kier alpha value is -3.04. The van der Waals surface area contributed by atoms with Crippen LogP contribution < -0.4 is 16.4 Å². The molecule has 0 aliphatic carbocycles. The highest BCUT2D eigenvalue weighted by Crippen LogP contribution is 2.40. The summed E-state index contributed by atoms with van der Waals surface area (Å²) in [4.78, 5) is 26.9. The number of oxazole rings is 1. The van der Waals surface area contributed by atoms with Gasteiger partial charge < -0.3 is 15.1 Å². The molecule has 2 aromatic carbocycles. The molecule has 3 heterocycles. The van der Waals surface area contributed by atoms with Crippen molar-refractivity contribution >= 4 is 22.7 Å². The van der Waals surface area contributed by atoms with Gasteiger partial charge in [-0.25, -0.2) is 13.6 Å². The van der Waals surface area contributed by atoms with Crippen molar-refractivity contribution in [2.75, 3.05) is 31.5 Å². The molecule has 0 radical (unpaired) electrons. The van der Waals surface area contributed by atoms with Crippen LogP contribution in [0.15, 0.2) is 45.6 Å². The summed E-state index contributed by atoms with van der Waals surface area (Å²) in [6.45, 7) is 4.62. The van der Waals surface area contributed by atoms with Crippen LogP contribution >= 0.6 is 0 Å². The number of halogens is 2. The molecule has 1 aromatic heterocycles. The van der Waals surface area contributed by atoms with Crippen molar-refractivity contribution in [1.82, 2.24) is 14.8 Å². The van der Waals surface area contributed by atoms with E-state index in [4.69, 9.17) is 4.42 Å². The number of hydrogen-bond acceptors (Lipinski definition) is 5. The van der Waals surface area contributed by atoms with Gasteiger partial charge in [0, 0.05) is 49.4 Å². The summed E-state index contributed by atoms with van der Waals surface area (Å²) >= 11 is 0. The van der Waals surface area contributed by atoms with Gasteiger partial charge in [0.1, 0.15) is 11.6 Å². The average Bonchev–Trinajstić information content (AvgIpc) is 3.30. The van der Waals surface area contributed by atoms with Crippen molar-refractivity contribution in [2.24, 2.45) is 5.92 Å². The number of nitrogens with one attached hydrogen (secondary N) is 2. The number of rotatable bonds is 5. The van der Waals surface area contributed by atoms with Gasteiger partial charge in [-0.05, 0) is 49.6 Å². The van der Waals surface area contributed by atoms with Gasteiger partial charge in [-0.3, -0.25) is 14.3 Å². The number of hydrogen-bond donors (Lipinski definition) is 2. The molecule has 0 spiro atoms. The quantitative estimate of drug-likeness (QED) is 0.617. The third-order valence-corrected chi connectivity index (χ3v) is 6.89. The number of piperidine rings is 1. The average molecular weight is 456 g/mol. The number of aromatic nitrogens is 1. The molecular weight excluding hydrogens is 430 g/mol. The first-order valence-electron chi connectivity index (χ1n) is 11.3. The number of benzene rings is 2. The van der Waals surface area contributed by atoms with E-state index in [2.05, 4.69) is 15.5 Å². The number of aryl methyl sites for hydroxylation is 1. The van der Waals surface area contributed by atoms with Gasteiger partial charge in [0.25, 0.3) is 0 Å². The topological polar surface area (TPSA) is 79.5 Å². The molecule has 2 aliphatic rings. The first-order chi connectivity index (χ1) is 15.9. The van der Waals surface area contributed by atoms with E-state index in [1.165, 1.54) is 16.7 Å². The fraction of sp³-hybridized carbons (Fsp3) is 0.417. The van der Waals surface area contributed by atoms with Crippen LogP contribution in [0.1, 0.15) is 24.8 Å². The predicted molar refractivity (Wildman–Crippen MR) is 120 cm³/mol. The Morgan fingerprint density at radius 3 is 2.88 bits per heavy atom. The highest BCUT2D eigenvalue weighted by atomic mass is 19.1. The van der Waals surface area contributed by atoms with Crippen molar-refractivity contribution in [2.45, 2.75) is 31.8 Å². The van der Waals surface area contributed by atoms with E-state index in [0.29, 0.717) is 35.4 Å². The second-order valence-electron chi connectivity index (χ2n) is 8.77. The summed E-state index contributed by atoms with van der Waals surface area (Å²) in [5.74, 6) is -1.72. The molecule has 0 bridgehead atoms. The Labute approximate surface area is 189 Å². The van der Waals surface area contributed by atoms with E-state index in [-0.39, 0.29) is 30.3 Å². The van der Waals surface area contributed by atoms with E-state index < -0.39 is 17.4 Å². The molecule has 9 heteroatoms. The first kappa shape index (κ1) is 21.8. The molecule has 3 aromatic rings. The maximum absolute atomic E-state index is 14.5. The van der Waals surface area contributed by atoms with Gasteiger partial charge in [-0.2, -0.15) is 0 Å². The van der Waals surface area contributed by atoms with E-state index >= 15 is 0 Å². The number of likely N-dealkylation sites (tertiary alicyclic amines) is 1. The fourth-order valence-electron chi connectivity index (χ4n) is 5.40. The number of carbonyl (C=O) groups excluding carboxylic acids is 1. The minimum Gasteiger partial charge on any atom is -0.408 e. The van der Waals surface area contributed by atoms with E-state index in [1.807, 2.05) is 6.92 Å². The number of carbonyl (C=O) groups is 1. The molecule has 2 fully saturated rings. The molecule has 2 N–H and O–H groups in total. The lowest BCUT2D eigenvalue weighted by Crippen LogP contribution is -2.46. The maximum Gasteiger partial charge on any atom is 0.419 e. The summed E-state index contributed by atoms with van der Waals surface area (Å²) in [6, 6.07) is 9.03. The zero-order chi connectivity index (χ0) is 23.1. The molecule has 2 saturated heterocycles. The minimum atomic E-state index is -0.592. The molecular formula is C24H26F2N4O3. The highest BCUT2D eigenvalue weighted by molar-refractivity contribution is 5.94. The van der Waals surface area contributed by atoms with Crippen LogP contribution in [0.2, 0.25) is 0 Å². The van der Waals surface area contributed by atoms with Crippen LogP contribution in [-0.4, -0.2) is 47.6 Å². The Bertz CT molecular complexity index is 1250. The summed E-state index contributed by atoms with van der Waals surface area (Å²) in [5.41, 5.74) is 2.15. The van der Waals surface area contributed by atoms with Crippen LogP contribution in [0.4, 0.5) is 14.5 Å². The van der Waals surface area contributed by atoms with Crippen molar-refractivity contribution in [3.63, 3.8) is 0 Å². The summed E-state index contributed by atoms with van der Waals surface area (Å²) in [7, 11) is 0. The second-order valence-corrected chi connectivity index (χ2v) is 8.77. The normalized spacial score (nSPS) is 23.1. The van der Waals surface area contributed by atoms with Crippen molar-refractivity contribution in [1.29, 1.82) is 0 Å². The number of nitrogens with zero attached hydrogens (tertiary/aromatic N) is 2. The van der Waals surface area contributed by atoms with Crippen molar-refractivity contribution in [3.05, 3.63) is 64.1 Å². The molecule has 7 nitrogen and oxygen atoms in total. The van der Waals surface area contributed by atoms with Crippen LogP contribution in [0.25, 0.3) is 11.1 Å². The largest absolute Gasteiger partial charge is 0.419 e. The molecule has 3 atom stereocenters. The third-order valence-electron chi connectivity index (χ3n) is 6.89. The Morgan fingerprint density at radius 2 is 2.09 bits per heavy atom. The molecule has 0 unspecified atom stereocenters. The van der Waals surface area contributed by atoms with Crippen LogP contribution in [0, 0.1) is 17.6 Å². The van der Waals surface area contributed by atoms with Crippen LogP contribution in [-0.2, 0) is 11.3 Å². The lowest BCUT2D eigenvalue weighted by Gasteiger charge is -2.33. The highest BCUT2D eigenvalue weighted by Gasteiger charge is 2.44. The number of amides is 1. The number of anilines is 1. The lowest BCUT2D eigenvalue weighted by atomic mass is 9.82. The summed E-state index contributed by atoms with van der Waals surface area (Å²) in [5, 5.41) is 6.25. The van der Waals surface area contributed by atoms with E-state index in [9.17, 15) is 18.4 Å². The standard InChI is InChI=1S/C24H26F2N4O3/c1-2-30-21-6-4-15(10-22(21)33-24(30)32)28-23(31)13-29-12-18(17-11-27-8-7-20(17)29)16-5-3-14(25)9-19(16)26/h3-6,9-10,17-18,20,27H,2,7-8,11-13H2,1H3,(H,28,31)/t17-,18-,20-/m1/s1. The van der Waals surface area contributed by atoms with Gasteiger partial charge in [0.2, 0.25) is 5.91 Å². The lowest BCUT2D eigenvalue weighted by molar-refractivity contribution is -0.117. The Kier molecular flexibility index (Phi) is 5.76. The van der Waals surface area contributed by atoms with Gasteiger partial charge in [0.15, 0.2) is 5.58 Å².